The first-order valence-corrected chi connectivity index (χ1v) is 6.09. The van der Waals surface area contributed by atoms with E-state index in [2.05, 4.69) is 16.4 Å². The van der Waals surface area contributed by atoms with Crippen LogP contribution in [0, 0.1) is 11.3 Å². The Morgan fingerprint density at radius 3 is 3.33 bits per heavy atom. The Morgan fingerprint density at radius 2 is 2.60 bits per heavy atom. The number of nitriles is 1. The van der Waals surface area contributed by atoms with E-state index in [9.17, 15) is 0 Å². The number of hydrogen-bond donors (Lipinski definition) is 1. The zero-order valence-corrected chi connectivity index (χ0v) is 9.26. The van der Waals surface area contributed by atoms with E-state index in [0.29, 0.717) is 11.6 Å². The van der Waals surface area contributed by atoms with E-state index in [1.165, 1.54) is 12.8 Å². The van der Waals surface area contributed by atoms with Gasteiger partial charge in [0.05, 0.1) is 16.7 Å². The Kier molecular flexibility index (Phi) is 3.59. The third-order valence-electron chi connectivity index (χ3n) is 2.46. The van der Waals surface area contributed by atoms with Gasteiger partial charge in [-0.1, -0.05) is 0 Å². The first-order chi connectivity index (χ1) is 7.38. The van der Waals surface area contributed by atoms with Crippen molar-refractivity contribution in [2.75, 3.05) is 12.3 Å². The summed E-state index contributed by atoms with van der Waals surface area (Å²) in [7, 11) is 0. The van der Waals surface area contributed by atoms with E-state index < -0.39 is 0 Å². The smallest absolute Gasteiger partial charge is 0.0993 e. The first-order valence-electron chi connectivity index (χ1n) is 5.11. The van der Waals surface area contributed by atoms with Crippen LogP contribution in [0.2, 0.25) is 0 Å². The van der Waals surface area contributed by atoms with Gasteiger partial charge in [0.15, 0.2) is 0 Å². The molecular weight excluding hydrogens is 206 g/mol. The Labute approximate surface area is 93.9 Å². The van der Waals surface area contributed by atoms with Gasteiger partial charge < -0.3 is 5.32 Å². The Balaban J connectivity index is 1.90. The summed E-state index contributed by atoms with van der Waals surface area (Å²) in [6.45, 7) is 1.14. The van der Waals surface area contributed by atoms with E-state index in [4.69, 9.17) is 5.26 Å². The van der Waals surface area contributed by atoms with Gasteiger partial charge in [0.2, 0.25) is 0 Å². The van der Waals surface area contributed by atoms with Crippen molar-refractivity contribution in [1.82, 2.24) is 10.3 Å². The topological polar surface area (TPSA) is 48.7 Å². The molecule has 0 saturated carbocycles. The summed E-state index contributed by atoms with van der Waals surface area (Å²) in [5, 5.41) is 13.1. The standard InChI is InChI=1S/C11H13N3S/c12-7-9-3-5-14-11(6-9)15-8-10-2-1-4-13-10/h3,5-6,10,13H,1-2,4,8H2/t10-/m1/s1. The van der Waals surface area contributed by atoms with Crippen LogP contribution in [0.5, 0.6) is 0 Å². The van der Waals surface area contributed by atoms with E-state index in [-0.39, 0.29) is 0 Å². The average Bonchev–Trinajstić information content (AvgIpc) is 2.79. The maximum absolute atomic E-state index is 8.74. The molecule has 1 N–H and O–H groups in total. The molecular formula is C11H13N3S. The van der Waals surface area contributed by atoms with Gasteiger partial charge in [-0.15, -0.1) is 11.8 Å². The monoisotopic (exact) mass is 219 g/mol. The lowest BCUT2D eigenvalue weighted by Crippen LogP contribution is -2.23. The minimum Gasteiger partial charge on any atom is -0.313 e. The highest BCUT2D eigenvalue weighted by Gasteiger charge is 2.14. The predicted octanol–water partition coefficient (Wildman–Crippen LogP) is 1.80. The van der Waals surface area contributed by atoms with Gasteiger partial charge in [-0.25, -0.2) is 4.98 Å². The molecule has 0 aliphatic carbocycles. The second-order valence-corrected chi connectivity index (χ2v) is 4.64. The zero-order chi connectivity index (χ0) is 10.5. The lowest BCUT2D eigenvalue weighted by Gasteiger charge is -2.08. The number of nitrogens with one attached hydrogen (secondary N) is 1. The Hall–Kier alpha value is -1.05. The molecule has 0 spiro atoms. The van der Waals surface area contributed by atoms with E-state index in [0.717, 1.165) is 17.3 Å². The molecule has 1 aromatic rings. The van der Waals surface area contributed by atoms with Gasteiger partial charge in [0.25, 0.3) is 0 Å². The van der Waals surface area contributed by atoms with Gasteiger partial charge in [-0.3, -0.25) is 0 Å². The highest BCUT2D eigenvalue weighted by atomic mass is 32.2. The van der Waals surface area contributed by atoms with Crippen molar-refractivity contribution in [2.45, 2.75) is 23.9 Å². The van der Waals surface area contributed by atoms with Crippen LogP contribution in [0.1, 0.15) is 18.4 Å². The van der Waals surface area contributed by atoms with Crippen LogP contribution < -0.4 is 5.32 Å². The van der Waals surface area contributed by atoms with Crippen LogP contribution in [0.15, 0.2) is 23.4 Å². The van der Waals surface area contributed by atoms with Crippen molar-refractivity contribution >= 4 is 11.8 Å². The molecule has 4 heteroatoms. The molecule has 3 nitrogen and oxygen atoms in total. The number of rotatable bonds is 3. The third kappa shape index (κ3) is 2.95. The molecule has 78 valence electrons. The first kappa shape index (κ1) is 10.5. The highest BCUT2D eigenvalue weighted by molar-refractivity contribution is 7.99. The SMILES string of the molecule is N#Cc1ccnc(SC[C@H]2CCCN2)c1. The molecule has 0 bridgehead atoms. The zero-order valence-electron chi connectivity index (χ0n) is 8.44. The van der Waals surface area contributed by atoms with Crippen molar-refractivity contribution < 1.29 is 0 Å². The molecule has 1 saturated heterocycles. The highest BCUT2D eigenvalue weighted by Crippen LogP contribution is 2.19. The minimum absolute atomic E-state index is 0.613. The largest absolute Gasteiger partial charge is 0.313 e. The molecule has 1 aromatic heterocycles. The molecule has 1 aliphatic rings. The molecule has 15 heavy (non-hydrogen) atoms. The molecule has 2 heterocycles. The molecule has 0 aromatic carbocycles. The van der Waals surface area contributed by atoms with Crippen LogP contribution in [-0.2, 0) is 0 Å². The van der Waals surface area contributed by atoms with Gasteiger partial charge in [0, 0.05) is 18.0 Å². The maximum atomic E-state index is 8.74. The fraction of sp³-hybridized carbons (Fsp3) is 0.455. The molecule has 1 atom stereocenters. The molecule has 0 unspecified atom stereocenters. The van der Waals surface area contributed by atoms with Crippen molar-refractivity contribution in [3.05, 3.63) is 23.9 Å². The second kappa shape index (κ2) is 5.15. The van der Waals surface area contributed by atoms with Crippen LogP contribution in [0.4, 0.5) is 0 Å². The lowest BCUT2D eigenvalue weighted by atomic mass is 10.3. The summed E-state index contributed by atoms with van der Waals surface area (Å²) in [5.74, 6) is 1.04. The van der Waals surface area contributed by atoms with Crippen molar-refractivity contribution in [2.24, 2.45) is 0 Å². The van der Waals surface area contributed by atoms with Crippen LogP contribution in [0.3, 0.4) is 0 Å². The number of hydrogen-bond acceptors (Lipinski definition) is 4. The summed E-state index contributed by atoms with van der Waals surface area (Å²) in [6, 6.07) is 6.32. The fourth-order valence-electron chi connectivity index (χ4n) is 1.64. The number of thioether (sulfide) groups is 1. The summed E-state index contributed by atoms with van der Waals surface area (Å²) in [6.07, 6.45) is 4.23. The Bertz CT molecular complexity index is 366. The molecule has 2 rings (SSSR count). The molecule has 1 fully saturated rings. The summed E-state index contributed by atoms with van der Waals surface area (Å²) in [4.78, 5) is 4.23. The summed E-state index contributed by atoms with van der Waals surface area (Å²) >= 11 is 1.72. The van der Waals surface area contributed by atoms with E-state index in [1.807, 2.05) is 6.07 Å². The lowest BCUT2D eigenvalue weighted by molar-refractivity contribution is 0.673. The average molecular weight is 219 g/mol. The van der Waals surface area contributed by atoms with Gasteiger partial charge in [-0.2, -0.15) is 5.26 Å². The molecule has 1 aliphatic heterocycles. The van der Waals surface area contributed by atoms with Crippen molar-refractivity contribution in [3.8, 4) is 6.07 Å². The summed E-state index contributed by atoms with van der Waals surface area (Å²) < 4.78 is 0. The number of aromatic nitrogens is 1. The third-order valence-corrected chi connectivity index (χ3v) is 3.55. The van der Waals surface area contributed by atoms with E-state index >= 15 is 0 Å². The van der Waals surface area contributed by atoms with Crippen molar-refractivity contribution in [3.63, 3.8) is 0 Å². The summed E-state index contributed by atoms with van der Waals surface area (Å²) in [5.41, 5.74) is 0.687. The van der Waals surface area contributed by atoms with Crippen LogP contribution in [-0.4, -0.2) is 23.3 Å². The van der Waals surface area contributed by atoms with Gasteiger partial charge >= 0.3 is 0 Å². The molecule has 0 amide bonds. The van der Waals surface area contributed by atoms with Gasteiger partial charge in [0.1, 0.15) is 0 Å². The van der Waals surface area contributed by atoms with Crippen LogP contribution >= 0.6 is 11.8 Å². The second-order valence-electron chi connectivity index (χ2n) is 3.60. The molecule has 0 radical (unpaired) electrons. The fourth-order valence-corrected chi connectivity index (χ4v) is 2.65. The maximum Gasteiger partial charge on any atom is 0.0993 e. The predicted molar refractivity (Wildman–Crippen MR) is 60.7 cm³/mol. The quantitative estimate of drug-likeness (QED) is 0.787. The Morgan fingerprint density at radius 1 is 1.67 bits per heavy atom. The van der Waals surface area contributed by atoms with Crippen LogP contribution in [0.25, 0.3) is 0 Å². The van der Waals surface area contributed by atoms with Crippen molar-refractivity contribution in [1.29, 1.82) is 5.26 Å². The number of pyridine rings is 1. The normalized spacial score (nSPS) is 20.1. The number of nitrogens with zero attached hydrogens (tertiary/aromatic N) is 2. The van der Waals surface area contributed by atoms with Gasteiger partial charge in [-0.05, 0) is 31.5 Å². The minimum atomic E-state index is 0.613. The van der Waals surface area contributed by atoms with E-state index in [1.54, 1.807) is 24.0 Å².